The molecule has 1 aromatic heterocycles. The summed E-state index contributed by atoms with van der Waals surface area (Å²) in [5.41, 5.74) is 0.738. The first-order valence-electron chi connectivity index (χ1n) is 2.51. The van der Waals surface area contributed by atoms with Gasteiger partial charge in [0.05, 0.1) is 6.20 Å². The molecule has 1 atom stereocenters. The van der Waals surface area contributed by atoms with E-state index < -0.39 is 11.3 Å². The van der Waals surface area contributed by atoms with Gasteiger partial charge < -0.3 is 4.52 Å². The lowest BCUT2D eigenvalue weighted by molar-refractivity contribution is 0.418. The lowest BCUT2D eigenvalue weighted by Crippen LogP contribution is -2.14. The van der Waals surface area contributed by atoms with E-state index in [0.717, 1.165) is 5.56 Å². The zero-order valence-corrected chi connectivity index (χ0v) is 5.80. The highest BCUT2D eigenvalue weighted by molar-refractivity contribution is 7.77. The summed E-state index contributed by atoms with van der Waals surface area (Å²) in [5.74, 6) is 0. The van der Waals surface area contributed by atoms with E-state index >= 15 is 0 Å². The summed E-state index contributed by atoms with van der Waals surface area (Å²) in [6, 6.07) is 0. The fourth-order valence-corrected chi connectivity index (χ4v) is 0.749. The Labute approximate surface area is 59.8 Å². The van der Waals surface area contributed by atoms with E-state index in [1.807, 2.05) is 0 Å². The van der Waals surface area contributed by atoms with Crippen LogP contribution in [0.25, 0.3) is 0 Å². The Bertz CT molecular complexity index is 210. The van der Waals surface area contributed by atoms with Crippen molar-refractivity contribution < 1.29 is 13.3 Å². The third-order valence-electron chi connectivity index (χ3n) is 0.883. The Balaban J connectivity index is 2.35. The van der Waals surface area contributed by atoms with E-state index in [0.29, 0.717) is 0 Å². The summed E-state index contributed by atoms with van der Waals surface area (Å²) in [5, 5.41) is 3.40. The van der Waals surface area contributed by atoms with Gasteiger partial charge in [-0.05, 0) is 0 Å². The summed E-state index contributed by atoms with van der Waals surface area (Å²) in [7, 11) is 0. The van der Waals surface area contributed by atoms with Crippen LogP contribution in [-0.2, 0) is 17.8 Å². The molecule has 0 fully saturated rings. The van der Waals surface area contributed by atoms with Crippen molar-refractivity contribution in [2.75, 3.05) is 0 Å². The topological polar surface area (TPSA) is 75.4 Å². The van der Waals surface area contributed by atoms with Gasteiger partial charge in [0, 0.05) is 12.1 Å². The average Bonchev–Trinajstić information content (AvgIpc) is 2.34. The molecule has 6 heteroatoms. The Morgan fingerprint density at radius 3 is 3.20 bits per heavy atom. The van der Waals surface area contributed by atoms with Crippen molar-refractivity contribution in [1.82, 2.24) is 9.88 Å². The molecule has 0 aliphatic carbocycles. The molecule has 1 heterocycles. The third-order valence-corrected chi connectivity index (χ3v) is 1.27. The van der Waals surface area contributed by atoms with Crippen LogP contribution in [0.5, 0.6) is 0 Å². The van der Waals surface area contributed by atoms with Crippen molar-refractivity contribution in [2.24, 2.45) is 0 Å². The molecular weight excluding hydrogens is 156 g/mol. The van der Waals surface area contributed by atoms with Crippen LogP contribution in [0, 0.1) is 0 Å². The Morgan fingerprint density at radius 1 is 1.90 bits per heavy atom. The van der Waals surface area contributed by atoms with E-state index in [1.165, 1.54) is 12.5 Å². The predicted molar refractivity (Wildman–Crippen MR) is 34.1 cm³/mol. The molecule has 56 valence electrons. The quantitative estimate of drug-likeness (QED) is 0.608. The molecule has 0 aromatic carbocycles. The number of hydrogen-bond acceptors (Lipinski definition) is 3. The van der Waals surface area contributed by atoms with Crippen LogP contribution in [0.3, 0.4) is 0 Å². The van der Waals surface area contributed by atoms with Crippen LogP contribution in [0.15, 0.2) is 17.0 Å². The first kappa shape index (κ1) is 7.39. The van der Waals surface area contributed by atoms with Crippen LogP contribution in [0.1, 0.15) is 5.56 Å². The number of nitrogens with zero attached hydrogens (tertiary/aromatic N) is 1. The van der Waals surface area contributed by atoms with Crippen molar-refractivity contribution in [1.29, 1.82) is 0 Å². The van der Waals surface area contributed by atoms with E-state index in [4.69, 9.17) is 4.55 Å². The van der Waals surface area contributed by atoms with Gasteiger partial charge >= 0.3 is 0 Å². The minimum atomic E-state index is -1.97. The second-order valence-corrected chi connectivity index (χ2v) is 2.39. The smallest absolute Gasteiger partial charge is 0.232 e. The summed E-state index contributed by atoms with van der Waals surface area (Å²) in [4.78, 5) is 0. The van der Waals surface area contributed by atoms with Crippen LogP contribution < -0.4 is 4.72 Å². The second-order valence-electron chi connectivity index (χ2n) is 1.60. The van der Waals surface area contributed by atoms with Crippen molar-refractivity contribution in [3.05, 3.63) is 18.0 Å². The van der Waals surface area contributed by atoms with Gasteiger partial charge in [-0.3, -0.25) is 4.55 Å². The van der Waals surface area contributed by atoms with E-state index in [1.54, 1.807) is 0 Å². The maximum absolute atomic E-state index is 10.0. The summed E-state index contributed by atoms with van der Waals surface area (Å²) < 4.78 is 25.1. The highest BCUT2D eigenvalue weighted by Crippen LogP contribution is 1.94. The van der Waals surface area contributed by atoms with E-state index in [9.17, 15) is 4.21 Å². The van der Waals surface area contributed by atoms with Crippen LogP contribution in [-0.4, -0.2) is 13.9 Å². The fraction of sp³-hybridized carbons (Fsp3) is 0.250. The van der Waals surface area contributed by atoms with Gasteiger partial charge in [0.1, 0.15) is 6.26 Å². The van der Waals surface area contributed by atoms with Crippen molar-refractivity contribution >= 4 is 11.3 Å². The second kappa shape index (κ2) is 3.45. The van der Waals surface area contributed by atoms with Gasteiger partial charge in [-0.2, -0.15) is 0 Å². The Morgan fingerprint density at radius 2 is 2.70 bits per heavy atom. The largest absolute Gasteiger partial charge is 0.364 e. The highest BCUT2D eigenvalue weighted by atomic mass is 32.2. The van der Waals surface area contributed by atoms with Gasteiger partial charge in [0.15, 0.2) is 0 Å². The first-order chi connectivity index (χ1) is 4.79. The molecule has 0 aliphatic rings. The van der Waals surface area contributed by atoms with Gasteiger partial charge in [0.25, 0.3) is 0 Å². The lowest BCUT2D eigenvalue weighted by Gasteiger charge is -1.92. The SMILES string of the molecule is O=S(O)NCc1cnoc1. The van der Waals surface area contributed by atoms with Gasteiger partial charge in [-0.15, -0.1) is 0 Å². The van der Waals surface area contributed by atoms with Crippen molar-refractivity contribution in [3.63, 3.8) is 0 Å². The van der Waals surface area contributed by atoms with Crippen LogP contribution in [0.2, 0.25) is 0 Å². The maximum atomic E-state index is 10.0. The van der Waals surface area contributed by atoms with Gasteiger partial charge in [-0.25, -0.2) is 8.93 Å². The zero-order valence-electron chi connectivity index (χ0n) is 4.98. The molecule has 0 spiro atoms. The highest BCUT2D eigenvalue weighted by Gasteiger charge is 1.95. The third kappa shape index (κ3) is 2.26. The Kier molecular flexibility index (Phi) is 2.55. The van der Waals surface area contributed by atoms with Gasteiger partial charge in [0.2, 0.25) is 11.3 Å². The minimum absolute atomic E-state index is 0.284. The number of nitrogens with one attached hydrogen (secondary N) is 1. The molecule has 0 saturated heterocycles. The molecule has 1 aromatic rings. The summed E-state index contributed by atoms with van der Waals surface area (Å²) in [6.45, 7) is 0.284. The van der Waals surface area contributed by atoms with Gasteiger partial charge in [-0.1, -0.05) is 5.16 Å². The molecule has 0 bridgehead atoms. The van der Waals surface area contributed by atoms with Crippen LogP contribution in [0.4, 0.5) is 0 Å². The molecule has 0 aliphatic heterocycles. The molecule has 1 rings (SSSR count). The number of aromatic nitrogens is 1. The van der Waals surface area contributed by atoms with E-state index in [2.05, 4.69) is 14.4 Å². The number of hydrogen-bond donors (Lipinski definition) is 2. The molecule has 2 N–H and O–H groups in total. The molecule has 1 unspecified atom stereocenters. The molecule has 5 nitrogen and oxygen atoms in total. The molecule has 0 amide bonds. The average molecular weight is 162 g/mol. The monoisotopic (exact) mass is 162 g/mol. The normalized spacial score (nSPS) is 13.3. The Hall–Kier alpha value is -0.720. The maximum Gasteiger partial charge on any atom is 0.232 e. The molecule has 10 heavy (non-hydrogen) atoms. The first-order valence-corrected chi connectivity index (χ1v) is 3.62. The van der Waals surface area contributed by atoms with Crippen molar-refractivity contribution in [2.45, 2.75) is 6.54 Å². The standard InChI is InChI=1S/C4H6N2O3S/c7-10(8)6-2-4-1-5-9-3-4/h1,3,6H,2H2,(H,7,8). The van der Waals surface area contributed by atoms with E-state index in [-0.39, 0.29) is 6.54 Å². The van der Waals surface area contributed by atoms with Crippen molar-refractivity contribution in [3.8, 4) is 0 Å². The number of rotatable bonds is 3. The summed E-state index contributed by atoms with van der Waals surface area (Å²) in [6.07, 6.45) is 2.87. The summed E-state index contributed by atoms with van der Waals surface area (Å²) >= 11 is -1.97. The fourth-order valence-electron chi connectivity index (χ4n) is 0.459. The molecular formula is C4H6N2O3S. The predicted octanol–water partition coefficient (Wildman–Crippen LogP) is -0.0991. The molecule has 0 saturated carbocycles. The molecule has 0 radical (unpaired) electrons. The minimum Gasteiger partial charge on any atom is -0.364 e. The zero-order chi connectivity index (χ0) is 7.40. The van der Waals surface area contributed by atoms with Crippen LogP contribution >= 0.6 is 0 Å². The lowest BCUT2D eigenvalue weighted by atomic mass is 10.4.